The van der Waals surface area contributed by atoms with Crippen LogP contribution in [0.4, 0.5) is 0 Å². The lowest BCUT2D eigenvalue weighted by molar-refractivity contribution is -0.131. The van der Waals surface area contributed by atoms with Gasteiger partial charge in [-0.05, 0) is 19.1 Å². The number of carbonyl (C=O) groups is 2. The molecule has 0 aliphatic rings. The zero-order chi connectivity index (χ0) is 15.3. The molecule has 0 heterocycles. The molecule has 0 spiro atoms. The van der Waals surface area contributed by atoms with Gasteiger partial charge < -0.3 is 10.1 Å². The van der Waals surface area contributed by atoms with Crippen LogP contribution in [0.5, 0.6) is 5.75 Å². The van der Waals surface area contributed by atoms with E-state index in [4.69, 9.17) is 16.3 Å². The summed E-state index contributed by atoms with van der Waals surface area (Å²) in [4.78, 5) is 23.6. The number of nitrogens with one attached hydrogen (secondary N) is 1. The van der Waals surface area contributed by atoms with Gasteiger partial charge in [0.05, 0.1) is 11.6 Å². The van der Waals surface area contributed by atoms with Crippen molar-refractivity contribution in [3.05, 3.63) is 29.3 Å². The van der Waals surface area contributed by atoms with Crippen LogP contribution < -0.4 is 10.1 Å². The van der Waals surface area contributed by atoms with Crippen LogP contribution in [0.15, 0.2) is 24.3 Å². The van der Waals surface area contributed by atoms with Crippen molar-refractivity contribution in [2.45, 2.75) is 33.8 Å². The van der Waals surface area contributed by atoms with Crippen molar-refractivity contribution in [2.24, 2.45) is 5.41 Å². The van der Waals surface area contributed by atoms with Crippen LogP contribution in [-0.4, -0.2) is 24.3 Å². The highest BCUT2D eigenvalue weighted by molar-refractivity contribution is 6.32. The molecule has 0 saturated carbocycles. The Labute approximate surface area is 124 Å². The van der Waals surface area contributed by atoms with Gasteiger partial charge in [-0.3, -0.25) is 9.59 Å². The lowest BCUT2D eigenvalue weighted by Crippen LogP contribution is -2.41. The number of para-hydroxylation sites is 1. The smallest absolute Gasteiger partial charge is 0.261 e. The topological polar surface area (TPSA) is 55.4 Å². The number of benzene rings is 1. The predicted octanol–water partition coefficient (Wildman–Crippen LogP) is 2.84. The highest BCUT2D eigenvalue weighted by atomic mass is 35.5. The third-order valence-corrected chi connectivity index (χ3v) is 3.08. The Morgan fingerprint density at radius 2 is 1.90 bits per heavy atom. The molecule has 0 fully saturated rings. The number of rotatable bonds is 5. The quantitative estimate of drug-likeness (QED) is 0.909. The third kappa shape index (κ3) is 4.85. The van der Waals surface area contributed by atoms with Crippen molar-refractivity contribution in [2.75, 3.05) is 6.54 Å². The van der Waals surface area contributed by atoms with E-state index in [1.54, 1.807) is 31.2 Å². The highest BCUT2D eigenvalue weighted by Crippen LogP contribution is 2.24. The van der Waals surface area contributed by atoms with Gasteiger partial charge in [0.1, 0.15) is 5.75 Å². The summed E-state index contributed by atoms with van der Waals surface area (Å²) in [5.41, 5.74) is -0.472. The Bertz CT molecular complexity index is 494. The van der Waals surface area contributed by atoms with E-state index in [1.165, 1.54) is 0 Å². The number of halogens is 1. The van der Waals surface area contributed by atoms with Crippen LogP contribution in [0, 0.1) is 5.41 Å². The van der Waals surface area contributed by atoms with Gasteiger partial charge in [0.15, 0.2) is 11.9 Å². The second kappa shape index (κ2) is 6.75. The molecule has 1 atom stereocenters. The monoisotopic (exact) mass is 297 g/mol. The first-order chi connectivity index (χ1) is 9.21. The fraction of sp³-hybridized carbons (Fsp3) is 0.467. The number of amides is 1. The van der Waals surface area contributed by atoms with E-state index in [0.29, 0.717) is 10.8 Å². The molecular formula is C15H20ClNO3. The second-order valence-corrected chi connectivity index (χ2v) is 5.99. The lowest BCUT2D eigenvalue weighted by Gasteiger charge is -2.19. The van der Waals surface area contributed by atoms with Crippen molar-refractivity contribution in [3.8, 4) is 5.75 Å². The van der Waals surface area contributed by atoms with Crippen LogP contribution in [0.2, 0.25) is 5.02 Å². The van der Waals surface area contributed by atoms with Gasteiger partial charge in [-0.25, -0.2) is 0 Å². The van der Waals surface area contributed by atoms with Crippen molar-refractivity contribution in [3.63, 3.8) is 0 Å². The molecule has 0 bridgehead atoms. The maximum atomic E-state index is 11.9. The second-order valence-electron chi connectivity index (χ2n) is 5.58. The van der Waals surface area contributed by atoms with Gasteiger partial charge in [0, 0.05) is 5.41 Å². The fourth-order valence-electron chi connectivity index (χ4n) is 1.36. The predicted molar refractivity (Wildman–Crippen MR) is 79.0 cm³/mol. The summed E-state index contributed by atoms with van der Waals surface area (Å²) in [5, 5.41) is 3.01. The van der Waals surface area contributed by atoms with Gasteiger partial charge in [-0.2, -0.15) is 0 Å². The van der Waals surface area contributed by atoms with Crippen molar-refractivity contribution in [1.29, 1.82) is 0 Å². The molecule has 1 rings (SSSR count). The largest absolute Gasteiger partial charge is 0.479 e. The summed E-state index contributed by atoms with van der Waals surface area (Å²) in [6.07, 6.45) is -0.720. The first-order valence-electron chi connectivity index (χ1n) is 6.44. The Morgan fingerprint density at radius 3 is 2.45 bits per heavy atom. The standard InChI is InChI=1S/C15H20ClNO3/c1-10(20-12-8-6-5-7-11(12)16)14(19)17-9-13(18)15(2,3)4/h5-8,10H,9H2,1-4H3,(H,17,19). The average molecular weight is 298 g/mol. The molecule has 0 aliphatic carbocycles. The summed E-state index contributed by atoms with van der Waals surface area (Å²) in [5.74, 6) is 0.0669. The summed E-state index contributed by atoms with van der Waals surface area (Å²) < 4.78 is 5.47. The van der Waals surface area contributed by atoms with Crippen molar-refractivity contribution >= 4 is 23.3 Å². The Balaban J connectivity index is 2.52. The van der Waals surface area contributed by atoms with Gasteiger partial charge in [-0.15, -0.1) is 0 Å². The minimum absolute atomic E-state index is 0.00143. The minimum atomic E-state index is -0.720. The molecule has 1 unspecified atom stereocenters. The molecule has 0 radical (unpaired) electrons. The molecule has 110 valence electrons. The summed E-state index contributed by atoms with van der Waals surface area (Å²) >= 11 is 5.95. The van der Waals surface area contributed by atoms with Crippen LogP contribution in [0.1, 0.15) is 27.7 Å². The van der Waals surface area contributed by atoms with Crippen LogP contribution in [-0.2, 0) is 9.59 Å². The van der Waals surface area contributed by atoms with Crippen molar-refractivity contribution in [1.82, 2.24) is 5.32 Å². The Morgan fingerprint density at radius 1 is 1.30 bits per heavy atom. The summed E-state index contributed by atoms with van der Waals surface area (Å²) in [7, 11) is 0. The molecule has 4 nitrogen and oxygen atoms in total. The maximum Gasteiger partial charge on any atom is 0.261 e. The van der Waals surface area contributed by atoms with Crippen LogP contribution in [0.25, 0.3) is 0 Å². The van der Waals surface area contributed by atoms with Gasteiger partial charge in [0.2, 0.25) is 0 Å². The molecular weight excluding hydrogens is 278 g/mol. The number of ether oxygens (including phenoxy) is 1. The molecule has 0 aliphatic heterocycles. The number of carbonyl (C=O) groups excluding carboxylic acids is 2. The lowest BCUT2D eigenvalue weighted by atomic mass is 9.91. The van der Waals surface area contributed by atoms with Gasteiger partial charge >= 0.3 is 0 Å². The number of ketones is 1. The highest BCUT2D eigenvalue weighted by Gasteiger charge is 2.23. The molecule has 1 aromatic carbocycles. The van der Waals surface area contributed by atoms with E-state index in [2.05, 4.69) is 5.32 Å². The number of hydrogen-bond donors (Lipinski definition) is 1. The first-order valence-corrected chi connectivity index (χ1v) is 6.82. The zero-order valence-electron chi connectivity index (χ0n) is 12.2. The minimum Gasteiger partial charge on any atom is -0.479 e. The van der Waals surface area contributed by atoms with E-state index in [9.17, 15) is 9.59 Å². The number of Topliss-reactive ketones (excluding diaryl/α,β-unsaturated/α-hetero) is 1. The Kier molecular flexibility index (Phi) is 5.57. The maximum absolute atomic E-state index is 11.9. The van der Waals surface area contributed by atoms with E-state index >= 15 is 0 Å². The third-order valence-electron chi connectivity index (χ3n) is 2.77. The molecule has 1 amide bonds. The SMILES string of the molecule is CC(Oc1ccccc1Cl)C(=O)NCC(=O)C(C)(C)C. The number of hydrogen-bond acceptors (Lipinski definition) is 3. The van der Waals surface area contributed by atoms with E-state index in [1.807, 2.05) is 20.8 Å². The first kappa shape index (κ1) is 16.5. The van der Waals surface area contributed by atoms with Gasteiger partial charge in [0.25, 0.3) is 5.91 Å². The molecule has 0 aromatic heterocycles. The van der Waals surface area contributed by atoms with E-state index < -0.39 is 11.5 Å². The zero-order valence-corrected chi connectivity index (χ0v) is 13.0. The fourth-order valence-corrected chi connectivity index (χ4v) is 1.54. The molecule has 1 aromatic rings. The molecule has 20 heavy (non-hydrogen) atoms. The van der Waals surface area contributed by atoms with E-state index in [-0.39, 0.29) is 18.2 Å². The summed E-state index contributed by atoms with van der Waals surface area (Å²) in [6.45, 7) is 7.04. The van der Waals surface area contributed by atoms with Gasteiger partial charge in [-0.1, -0.05) is 44.5 Å². The Hall–Kier alpha value is -1.55. The van der Waals surface area contributed by atoms with Crippen LogP contribution in [0.3, 0.4) is 0 Å². The molecule has 0 saturated heterocycles. The molecule has 1 N–H and O–H groups in total. The normalized spacial score (nSPS) is 12.7. The average Bonchev–Trinajstić information content (AvgIpc) is 2.36. The van der Waals surface area contributed by atoms with Crippen molar-refractivity contribution < 1.29 is 14.3 Å². The molecule has 5 heteroatoms. The summed E-state index contributed by atoms with van der Waals surface area (Å²) in [6, 6.07) is 6.92. The van der Waals surface area contributed by atoms with Crippen LogP contribution >= 0.6 is 11.6 Å². The van der Waals surface area contributed by atoms with E-state index in [0.717, 1.165) is 0 Å².